The first-order valence-corrected chi connectivity index (χ1v) is 6.13. The van der Waals surface area contributed by atoms with Crippen molar-refractivity contribution in [2.45, 2.75) is 6.92 Å². The largest absolute Gasteiger partial charge is 0.456 e. The summed E-state index contributed by atoms with van der Waals surface area (Å²) < 4.78 is 6.46. The van der Waals surface area contributed by atoms with Gasteiger partial charge in [-0.25, -0.2) is 0 Å². The number of nitriles is 1. The van der Waals surface area contributed by atoms with Crippen LogP contribution in [-0.2, 0) is 0 Å². The van der Waals surface area contributed by atoms with Crippen LogP contribution in [0.2, 0.25) is 0 Å². The molecule has 0 spiro atoms. The molecule has 0 saturated heterocycles. The van der Waals surface area contributed by atoms with Crippen molar-refractivity contribution < 1.29 is 4.74 Å². The van der Waals surface area contributed by atoms with Crippen LogP contribution in [0.15, 0.2) is 40.9 Å². The van der Waals surface area contributed by atoms with Gasteiger partial charge in [0.05, 0.1) is 16.1 Å². The summed E-state index contributed by atoms with van der Waals surface area (Å²) in [5, 5.41) is 8.86. The van der Waals surface area contributed by atoms with Crippen LogP contribution in [0.1, 0.15) is 11.1 Å². The van der Waals surface area contributed by atoms with Crippen molar-refractivity contribution >= 4 is 21.6 Å². The molecule has 4 heteroatoms. The number of aryl methyl sites for hydroxylation is 1. The molecule has 0 unspecified atom stereocenters. The molecule has 2 aromatic carbocycles. The Hall–Kier alpha value is -1.99. The van der Waals surface area contributed by atoms with Gasteiger partial charge in [0.2, 0.25) is 0 Å². The first kappa shape index (κ1) is 12.5. The molecule has 0 radical (unpaired) electrons. The minimum Gasteiger partial charge on any atom is -0.456 e. The SMILES string of the molecule is Cc1cc(Oc2cccc(N)c2Br)ccc1C#N. The molecule has 0 atom stereocenters. The Bertz CT molecular complexity index is 632. The molecule has 2 rings (SSSR count). The summed E-state index contributed by atoms with van der Waals surface area (Å²) in [7, 11) is 0. The molecule has 3 nitrogen and oxygen atoms in total. The minimum atomic E-state index is 0.623. The number of hydrogen-bond acceptors (Lipinski definition) is 3. The average molecular weight is 303 g/mol. The highest BCUT2D eigenvalue weighted by atomic mass is 79.9. The van der Waals surface area contributed by atoms with Crippen molar-refractivity contribution in [2.24, 2.45) is 0 Å². The second-order valence-corrected chi connectivity index (χ2v) is 4.64. The first-order chi connectivity index (χ1) is 8.61. The average Bonchev–Trinajstić information content (AvgIpc) is 2.35. The maximum Gasteiger partial charge on any atom is 0.143 e. The highest BCUT2D eigenvalue weighted by molar-refractivity contribution is 9.10. The van der Waals surface area contributed by atoms with Gasteiger partial charge < -0.3 is 10.5 Å². The maximum atomic E-state index is 8.86. The predicted octanol–water partition coefficient (Wildman–Crippen LogP) is 4.00. The molecule has 0 aliphatic carbocycles. The zero-order valence-electron chi connectivity index (χ0n) is 9.77. The molecule has 18 heavy (non-hydrogen) atoms. The molecule has 0 amide bonds. The summed E-state index contributed by atoms with van der Waals surface area (Å²) in [5.41, 5.74) is 7.93. The van der Waals surface area contributed by atoms with Crippen molar-refractivity contribution in [3.05, 3.63) is 52.0 Å². The zero-order chi connectivity index (χ0) is 13.1. The van der Waals surface area contributed by atoms with Gasteiger partial charge >= 0.3 is 0 Å². The number of nitrogen functional groups attached to an aromatic ring is 1. The van der Waals surface area contributed by atoms with Gasteiger partial charge in [0.15, 0.2) is 0 Å². The third kappa shape index (κ3) is 2.47. The normalized spacial score (nSPS) is 9.83. The van der Waals surface area contributed by atoms with Crippen molar-refractivity contribution in [2.75, 3.05) is 5.73 Å². The standard InChI is InChI=1S/C14H11BrN2O/c1-9-7-11(6-5-10(9)8-16)18-13-4-2-3-12(17)14(13)15/h2-7H,17H2,1H3. The van der Waals surface area contributed by atoms with E-state index in [9.17, 15) is 0 Å². The molecule has 0 heterocycles. The Morgan fingerprint density at radius 3 is 2.72 bits per heavy atom. The lowest BCUT2D eigenvalue weighted by molar-refractivity contribution is 0.479. The van der Waals surface area contributed by atoms with E-state index in [1.54, 1.807) is 18.2 Å². The van der Waals surface area contributed by atoms with Gasteiger partial charge in [-0.1, -0.05) is 6.07 Å². The van der Waals surface area contributed by atoms with E-state index < -0.39 is 0 Å². The summed E-state index contributed by atoms with van der Waals surface area (Å²) >= 11 is 3.38. The molecule has 2 N–H and O–H groups in total. The van der Waals surface area contributed by atoms with Crippen LogP contribution >= 0.6 is 15.9 Å². The molecule has 90 valence electrons. The Morgan fingerprint density at radius 2 is 2.06 bits per heavy atom. The first-order valence-electron chi connectivity index (χ1n) is 5.34. The Morgan fingerprint density at radius 1 is 1.28 bits per heavy atom. The van der Waals surface area contributed by atoms with Crippen molar-refractivity contribution in [3.63, 3.8) is 0 Å². The number of nitrogens with two attached hydrogens (primary N) is 1. The van der Waals surface area contributed by atoms with E-state index in [0.717, 1.165) is 10.0 Å². The van der Waals surface area contributed by atoms with Gasteiger partial charge in [0, 0.05) is 5.69 Å². The molecule has 0 aromatic heterocycles. The van der Waals surface area contributed by atoms with Gasteiger partial charge in [-0.3, -0.25) is 0 Å². The number of hydrogen-bond donors (Lipinski definition) is 1. The Labute approximate surface area is 114 Å². The lowest BCUT2D eigenvalue weighted by Crippen LogP contribution is -1.91. The molecule has 2 aromatic rings. The summed E-state index contributed by atoms with van der Waals surface area (Å²) in [5.74, 6) is 1.33. The topological polar surface area (TPSA) is 59.0 Å². The highest BCUT2D eigenvalue weighted by Crippen LogP contribution is 2.34. The van der Waals surface area contributed by atoms with E-state index in [-0.39, 0.29) is 0 Å². The smallest absolute Gasteiger partial charge is 0.143 e. The number of anilines is 1. The van der Waals surface area contributed by atoms with Crippen LogP contribution in [0.4, 0.5) is 5.69 Å². The number of halogens is 1. The fourth-order valence-corrected chi connectivity index (χ4v) is 1.90. The fraction of sp³-hybridized carbons (Fsp3) is 0.0714. The Balaban J connectivity index is 2.32. The highest BCUT2D eigenvalue weighted by Gasteiger charge is 2.06. The second kappa shape index (κ2) is 5.11. The Kier molecular flexibility index (Phi) is 3.54. The van der Waals surface area contributed by atoms with Crippen LogP contribution in [-0.4, -0.2) is 0 Å². The lowest BCUT2D eigenvalue weighted by atomic mass is 10.1. The zero-order valence-corrected chi connectivity index (χ0v) is 11.4. The van der Waals surface area contributed by atoms with Crippen LogP contribution in [0.25, 0.3) is 0 Å². The van der Waals surface area contributed by atoms with E-state index in [4.69, 9.17) is 15.7 Å². The van der Waals surface area contributed by atoms with E-state index in [1.165, 1.54) is 0 Å². The number of benzene rings is 2. The van der Waals surface area contributed by atoms with Crippen molar-refractivity contribution in [3.8, 4) is 17.6 Å². The minimum absolute atomic E-state index is 0.623. The number of nitrogens with zero attached hydrogens (tertiary/aromatic N) is 1. The monoisotopic (exact) mass is 302 g/mol. The van der Waals surface area contributed by atoms with E-state index in [1.807, 2.05) is 25.1 Å². The van der Waals surface area contributed by atoms with E-state index >= 15 is 0 Å². The van der Waals surface area contributed by atoms with Gasteiger partial charge in [-0.05, 0) is 58.7 Å². The molecule has 0 bridgehead atoms. The van der Waals surface area contributed by atoms with Crippen LogP contribution in [0, 0.1) is 18.3 Å². The second-order valence-electron chi connectivity index (χ2n) is 3.85. The number of ether oxygens (including phenoxy) is 1. The van der Waals surface area contributed by atoms with Crippen LogP contribution in [0.3, 0.4) is 0 Å². The molecular weight excluding hydrogens is 292 g/mol. The molecule has 0 aliphatic rings. The summed E-state index contributed by atoms with van der Waals surface area (Å²) in [6, 6.07) is 12.9. The fourth-order valence-electron chi connectivity index (χ4n) is 1.56. The quantitative estimate of drug-likeness (QED) is 0.853. The van der Waals surface area contributed by atoms with E-state index in [0.29, 0.717) is 22.7 Å². The number of rotatable bonds is 2. The molecular formula is C14H11BrN2O. The van der Waals surface area contributed by atoms with E-state index in [2.05, 4.69) is 22.0 Å². The van der Waals surface area contributed by atoms with Crippen molar-refractivity contribution in [1.29, 1.82) is 5.26 Å². The lowest BCUT2D eigenvalue weighted by Gasteiger charge is -2.10. The molecule has 0 saturated carbocycles. The van der Waals surface area contributed by atoms with Crippen LogP contribution < -0.4 is 10.5 Å². The van der Waals surface area contributed by atoms with Crippen LogP contribution in [0.5, 0.6) is 11.5 Å². The third-order valence-corrected chi connectivity index (χ3v) is 3.39. The summed E-state index contributed by atoms with van der Waals surface area (Å²) in [6.07, 6.45) is 0. The van der Waals surface area contributed by atoms with Gasteiger partial charge in [-0.15, -0.1) is 0 Å². The van der Waals surface area contributed by atoms with Gasteiger partial charge in [0.1, 0.15) is 11.5 Å². The summed E-state index contributed by atoms with van der Waals surface area (Å²) in [4.78, 5) is 0. The third-order valence-electron chi connectivity index (χ3n) is 2.54. The molecule has 0 fully saturated rings. The van der Waals surface area contributed by atoms with Gasteiger partial charge in [-0.2, -0.15) is 5.26 Å². The van der Waals surface area contributed by atoms with Crippen molar-refractivity contribution in [1.82, 2.24) is 0 Å². The predicted molar refractivity (Wildman–Crippen MR) is 74.5 cm³/mol. The van der Waals surface area contributed by atoms with Gasteiger partial charge in [0.25, 0.3) is 0 Å². The maximum absolute atomic E-state index is 8.86. The summed E-state index contributed by atoms with van der Waals surface area (Å²) in [6.45, 7) is 1.87. The molecule has 0 aliphatic heterocycles.